The maximum Gasteiger partial charge on any atom is 0.198 e. The fourth-order valence-corrected chi connectivity index (χ4v) is 6.67. The Morgan fingerprint density at radius 2 is 0.953 bits per heavy atom. The van der Waals surface area contributed by atoms with Crippen LogP contribution >= 0.6 is 0 Å². The van der Waals surface area contributed by atoms with Gasteiger partial charge in [-0.05, 0) is 66.7 Å². The molecule has 9 rings (SSSR count). The number of pyridine rings is 3. The van der Waals surface area contributed by atoms with Crippen molar-refractivity contribution in [2.75, 3.05) is 9.80 Å². The third-order valence-corrected chi connectivity index (χ3v) is 8.49. The van der Waals surface area contributed by atoms with Gasteiger partial charge in [0, 0.05) is 34.5 Å². The minimum absolute atomic E-state index is 0.117. The molecule has 0 fully saturated rings. The highest BCUT2D eigenvalue weighted by Crippen LogP contribution is 2.54. The molecule has 43 heavy (non-hydrogen) atoms. The van der Waals surface area contributed by atoms with Gasteiger partial charge < -0.3 is 14.2 Å². The van der Waals surface area contributed by atoms with Crippen molar-refractivity contribution in [2.24, 2.45) is 0 Å². The molecule has 0 spiro atoms. The van der Waals surface area contributed by atoms with Crippen LogP contribution in [0, 0.1) is 0 Å². The Hall–Kier alpha value is -6.01. The predicted molar refractivity (Wildman–Crippen MR) is 174 cm³/mol. The van der Waals surface area contributed by atoms with Gasteiger partial charge in [-0.25, -0.2) is 0 Å². The molecular weight excluding hydrogens is 532 g/mol. The van der Waals surface area contributed by atoms with E-state index in [1.807, 2.05) is 83.3 Å². The fraction of sp³-hybridized carbons (Fsp3) is 0. The van der Waals surface area contributed by atoms with Crippen LogP contribution < -0.4 is 20.7 Å². The second-order valence-electron chi connectivity index (χ2n) is 10.8. The van der Waals surface area contributed by atoms with Crippen molar-refractivity contribution in [1.29, 1.82) is 0 Å². The summed E-state index contributed by atoms with van der Waals surface area (Å²) >= 11 is 0. The Balaban J connectivity index is 1.36. The van der Waals surface area contributed by atoms with E-state index in [-0.39, 0.29) is 10.9 Å². The predicted octanol–water partition coefficient (Wildman–Crippen LogP) is 8.21. The monoisotopic (exact) mass is 554 g/mol. The Morgan fingerprint density at radius 3 is 1.60 bits per heavy atom. The van der Waals surface area contributed by atoms with Gasteiger partial charge in [0.15, 0.2) is 10.9 Å². The van der Waals surface area contributed by atoms with E-state index in [2.05, 4.69) is 57.2 Å². The van der Waals surface area contributed by atoms with E-state index in [9.17, 15) is 9.59 Å². The third-order valence-electron chi connectivity index (χ3n) is 8.49. The molecule has 3 aromatic heterocycles. The lowest BCUT2D eigenvalue weighted by atomic mass is 10.0. The average molecular weight is 555 g/mol. The third kappa shape index (κ3) is 3.20. The highest BCUT2D eigenvalue weighted by atomic mass is 16.1. The number of nitrogens with zero attached hydrogens (tertiary/aromatic N) is 4. The molecule has 0 atom stereocenters. The Bertz CT molecular complexity index is 2480. The summed E-state index contributed by atoms with van der Waals surface area (Å²) in [6.45, 7) is 0. The lowest BCUT2D eigenvalue weighted by Gasteiger charge is -2.40. The summed E-state index contributed by atoms with van der Waals surface area (Å²) in [7, 11) is 0. The number of hydrogen-bond donors (Lipinski definition) is 0. The van der Waals surface area contributed by atoms with Gasteiger partial charge in [-0.15, -0.1) is 0 Å². The van der Waals surface area contributed by atoms with Crippen LogP contribution in [-0.2, 0) is 0 Å². The SMILES string of the molecule is O=c1c2ccccc2n2c3ccc(N4c5ccccc5N(c5ccccc5)c5ccccc54)cc3c(=O)c3cncc1c32. The number of anilines is 6. The summed E-state index contributed by atoms with van der Waals surface area (Å²) in [5, 5.41) is 2.03. The van der Waals surface area contributed by atoms with E-state index >= 15 is 0 Å². The molecule has 1 aliphatic heterocycles. The zero-order valence-corrected chi connectivity index (χ0v) is 22.8. The van der Waals surface area contributed by atoms with Crippen molar-refractivity contribution in [1.82, 2.24) is 9.38 Å². The number of benzene rings is 5. The topological polar surface area (TPSA) is 57.9 Å². The molecule has 0 saturated carbocycles. The average Bonchev–Trinajstić information content (AvgIpc) is 3.07. The van der Waals surface area contributed by atoms with Gasteiger partial charge in [0.05, 0.1) is 50.1 Å². The van der Waals surface area contributed by atoms with E-state index < -0.39 is 0 Å². The number of rotatable bonds is 2. The normalized spacial score (nSPS) is 12.7. The number of aromatic nitrogens is 2. The minimum atomic E-state index is -0.144. The van der Waals surface area contributed by atoms with Crippen LogP contribution in [0.15, 0.2) is 143 Å². The van der Waals surface area contributed by atoms with Crippen LogP contribution in [0.4, 0.5) is 34.1 Å². The van der Waals surface area contributed by atoms with Gasteiger partial charge in [0.25, 0.3) is 0 Å². The van der Waals surface area contributed by atoms with Crippen molar-refractivity contribution < 1.29 is 0 Å². The fourth-order valence-electron chi connectivity index (χ4n) is 6.67. The highest BCUT2D eigenvalue weighted by Gasteiger charge is 2.30. The number of fused-ring (bicyclic) bond motifs is 6. The Labute approximate surface area is 245 Å². The van der Waals surface area contributed by atoms with Crippen LogP contribution in [0.3, 0.4) is 0 Å². The van der Waals surface area contributed by atoms with Crippen LogP contribution in [0.2, 0.25) is 0 Å². The molecule has 6 heteroatoms. The minimum Gasteiger partial charge on any atom is -0.307 e. The van der Waals surface area contributed by atoms with Gasteiger partial charge in [-0.1, -0.05) is 54.6 Å². The summed E-state index contributed by atoms with van der Waals surface area (Å²) < 4.78 is 2.04. The summed E-state index contributed by atoms with van der Waals surface area (Å²) in [5.41, 5.74) is 7.89. The van der Waals surface area contributed by atoms with Crippen LogP contribution in [0.5, 0.6) is 0 Å². The number of para-hydroxylation sites is 6. The summed E-state index contributed by atoms with van der Waals surface area (Å²) in [6, 6.07) is 40.6. The lowest BCUT2D eigenvalue weighted by Crippen LogP contribution is -2.24. The molecule has 1 aliphatic rings. The maximum absolute atomic E-state index is 14.1. The lowest BCUT2D eigenvalue weighted by molar-refractivity contribution is 1.17. The largest absolute Gasteiger partial charge is 0.307 e. The van der Waals surface area contributed by atoms with Crippen molar-refractivity contribution in [3.63, 3.8) is 0 Å². The molecule has 0 bridgehead atoms. The molecule has 6 nitrogen and oxygen atoms in total. The van der Waals surface area contributed by atoms with E-state index in [0.29, 0.717) is 27.1 Å². The van der Waals surface area contributed by atoms with Crippen molar-refractivity contribution in [3.05, 3.63) is 154 Å². The van der Waals surface area contributed by atoms with Gasteiger partial charge in [-0.2, -0.15) is 0 Å². The molecule has 4 heterocycles. The molecule has 0 radical (unpaired) electrons. The zero-order valence-electron chi connectivity index (χ0n) is 22.8. The molecule has 0 amide bonds. The molecule has 0 unspecified atom stereocenters. The van der Waals surface area contributed by atoms with Crippen LogP contribution in [-0.4, -0.2) is 9.38 Å². The Kier molecular flexibility index (Phi) is 4.81. The standard InChI is InChI=1S/C37H22N4O2/c42-36-25-12-4-5-13-29(25)41-30-19-18-24(20-26(30)37(43)28-22-38-21-27(36)35(28)41)40-33-16-8-6-14-31(33)39(23-10-2-1-3-11-23)32-15-7-9-17-34(32)40/h1-22H. The molecule has 202 valence electrons. The molecule has 5 aromatic carbocycles. The second-order valence-corrected chi connectivity index (χ2v) is 10.8. The molecule has 0 aliphatic carbocycles. The quantitative estimate of drug-likeness (QED) is 0.159. The smallest absolute Gasteiger partial charge is 0.198 e. The first kappa shape index (κ1) is 23.7. The summed E-state index contributed by atoms with van der Waals surface area (Å²) in [4.78, 5) is 36.3. The summed E-state index contributed by atoms with van der Waals surface area (Å²) in [6.07, 6.45) is 3.14. The maximum atomic E-state index is 14.1. The van der Waals surface area contributed by atoms with Gasteiger partial charge in [-0.3, -0.25) is 14.6 Å². The Morgan fingerprint density at radius 1 is 0.442 bits per heavy atom. The van der Waals surface area contributed by atoms with Gasteiger partial charge in [0.2, 0.25) is 0 Å². The van der Waals surface area contributed by atoms with E-state index in [1.165, 1.54) is 0 Å². The first-order valence-corrected chi connectivity index (χ1v) is 14.1. The van der Waals surface area contributed by atoms with Crippen LogP contribution in [0.1, 0.15) is 0 Å². The van der Waals surface area contributed by atoms with Gasteiger partial charge in [0.1, 0.15) is 0 Å². The molecular formula is C37H22N4O2. The van der Waals surface area contributed by atoms with E-state index in [0.717, 1.165) is 45.2 Å². The van der Waals surface area contributed by atoms with E-state index in [4.69, 9.17) is 0 Å². The van der Waals surface area contributed by atoms with Crippen molar-refractivity contribution in [2.45, 2.75) is 0 Å². The number of hydrogen-bond acceptors (Lipinski definition) is 5. The summed E-state index contributed by atoms with van der Waals surface area (Å²) in [5.74, 6) is 0. The van der Waals surface area contributed by atoms with E-state index in [1.54, 1.807) is 12.4 Å². The van der Waals surface area contributed by atoms with Crippen molar-refractivity contribution in [3.8, 4) is 0 Å². The first-order valence-electron chi connectivity index (χ1n) is 14.1. The van der Waals surface area contributed by atoms with Crippen molar-refractivity contribution >= 4 is 72.2 Å². The van der Waals surface area contributed by atoms with Gasteiger partial charge >= 0.3 is 0 Å². The molecule has 0 saturated heterocycles. The van der Waals surface area contributed by atoms with Crippen LogP contribution in [0.25, 0.3) is 38.1 Å². The highest BCUT2D eigenvalue weighted by molar-refractivity contribution is 6.08. The molecule has 0 N–H and O–H groups in total. The second kappa shape index (κ2) is 8.74. The molecule has 8 aromatic rings. The zero-order chi connectivity index (χ0) is 28.7. The first-order chi connectivity index (χ1) is 21.2.